The average Bonchev–Trinajstić information content (AvgIpc) is 2.34. The van der Waals surface area contributed by atoms with Crippen LogP contribution < -0.4 is 0 Å². The van der Waals surface area contributed by atoms with Crippen molar-refractivity contribution in [3.8, 4) is 6.07 Å². The van der Waals surface area contributed by atoms with Crippen LogP contribution in [0.15, 0.2) is 30.3 Å². The van der Waals surface area contributed by atoms with E-state index in [1.165, 1.54) is 5.56 Å². The molecule has 0 aromatic heterocycles. The van der Waals surface area contributed by atoms with Crippen LogP contribution in [0.1, 0.15) is 18.4 Å². The van der Waals surface area contributed by atoms with E-state index in [4.69, 9.17) is 5.26 Å². The lowest BCUT2D eigenvalue weighted by Gasteiger charge is -2.32. The number of nitriles is 1. The zero-order chi connectivity index (χ0) is 11.4. The van der Waals surface area contributed by atoms with Crippen molar-refractivity contribution < 1.29 is 4.39 Å². The summed E-state index contributed by atoms with van der Waals surface area (Å²) in [4.78, 5) is 2.20. The third-order valence-corrected chi connectivity index (χ3v) is 3.10. The van der Waals surface area contributed by atoms with Gasteiger partial charge in [-0.2, -0.15) is 5.26 Å². The van der Waals surface area contributed by atoms with Gasteiger partial charge in [0.05, 0.1) is 0 Å². The fourth-order valence-corrected chi connectivity index (χ4v) is 2.02. The zero-order valence-electron chi connectivity index (χ0n) is 9.60. The molecule has 0 radical (unpaired) electrons. The van der Waals surface area contributed by atoms with Gasteiger partial charge in [0, 0.05) is 32.5 Å². The van der Waals surface area contributed by atoms with Crippen LogP contribution in [0.3, 0.4) is 0 Å². The summed E-state index contributed by atoms with van der Waals surface area (Å²) in [5.41, 5.74) is -0.349. The minimum absolute atomic E-state index is 0. The molecular weight excluding hydrogens is 239 g/mol. The van der Waals surface area contributed by atoms with Gasteiger partial charge in [0.25, 0.3) is 0 Å². The Bertz CT molecular complexity index is 380. The van der Waals surface area contributed by atoms with Crippen molar-refractivity contribution in [2.45, 2.75) is 25.1 Å². The van der Waals surface area contributed by atoms with Gasteiger partial charge in [0.2, 0.25) is 0 Å². The van der Waals surface area contributed by atoms with Crippen LogP contribution in [0.25, 0.3) is 0 Å². The summed E-state index contributed by atoms with van der Waals surface area (Å²) in [7, 11) is 0. The lowest BCUT2D eigenvalue weighted by atomic mass is 9.95. The van der Waals surface area contributed by atoms with Crippen molar-refractivity contribution in [3.05, 3.63) is 35.9 Å². The Labute approximate surface area is 107 Å². The second-order valence-corrected chi connectivity index (χ2v) is 4.34. The van der Waals surface area contributed by atoms with Gasteiger partial charge in [-0.15, -0.1) is 12.4 Å². The molecule has 2 nitrogen and oxygen atoms in total. The number of benzene rings is 1. The van der Waals surface area contributed by atoms with E-state index >= 15 is 0 Å². The topological polar surface area (TPSA) is 27.0 Å². The minimum atomic E-state index is -1.59. The van der Waals surface area contributed by atoms with Gasteiger partial charge in [-0.25, -0.2) is 4.39 Å². The van der Waals surface area contributed by atoms with E-state index in [0.717, 1.165) is 6.54 Å². The van der Waals surface area contributed by atoms with Crippen LogP contribution in [-0.4, -0.2) is 23.7 Å². The van der Waals surface area contributed by atoms with Crippen LogP contribution >= 0.6 is 12.4 Å². The molecular formula is C13H16ClFN2. The molecule has 0 saturated carbocycles. The molecule has 92 valence electrons. The Morgan fingerprint density at radius 3 is 2.35 bits per heavy atom. The Morgan fingerprint density at radius 1 is 1.24 bits per heavy atom. The van der Waals surface area contributed by atoms with E-state index in [0.29, 0.717) is 25.9 Å². The van der Waals surface area contributed by atoms with Crippen molar-refractivity contribution in [2.24, 2.45) is 0 Å². The summed E-state index contributed by atoms with van der Waals surface area (Å²) >= 11 is 0. The smallest absolute Gasteiger partial charge is 0.198 e. The van der Waals surface area contributed by atoms with Crippen LogP contribution in [0.4, 0.5) is 4.39 Å². The van der Waals surface area contributed by atoms with Gasteiger partial charge in [0.1, 0.15) is 6.07 Å². The molecule has 1 saturated heterocycles. The molecule has 1 heterocycles. The first-order chi connectivity index (χ1) is 7.72. The van der Waals surface area contributed by atoms with E-state index in [9.17, 15) is 4.39 Å². The molecule has 0 bridgehead atoms. The molecule has 0 aliphatic carbocycles. The molecule has 4 heteroatoms. The Hall–Kier alpha value is -1.11. The van der Waals surface area contributed by atoms with Crippen molar-refractivity contribution in [2.75, 3.05) is 13.1 Å². The summed E-state index contributed by atoms with van der Waals surface area (Å²) < 4.78 is 13.6. The second kappa shape index (κ2) is 6.00. The number of alkyl halides is 1. The highest BCUT2D eigenvalue weighted by molar-refractivity contribution is 5.85. The van der Waals surface area contributed by atoms with Crippen molar-refractivity contribution in [1.82, 2.24) is 4.90 Å². The summed E-state index contributed by atoms with van der Waals surface area (Å²) in [5, 5.41) is 8.68. The molecule has 1 aromatic carbocycles. The number of nitrogens with zero attached hydrogens (tertiary/aromatic N) is 2. The summed E-state index contributed by atoms with van der Waals surface area (Å²) in [6, 6.07) is 11.9. The first kappa shape index (κ1) is 14.0. The van der Waals surface area contributed by atoms with Gasteiger partial charge >= 0.3 is 0 Å². The lowest BCUT2D eigenvalue weighted by Crippen LogP contribution is -2.40. The van der Waals surface area contributed by atoms with E-state index in [1.807, 2.05) is 18.2 Å². The number of rotatable bonds is 2. The molecule has 1 aliphatic heterocycles. The highest BCUT2D eigenvalue weighted by Gasteiger charge is 2.34. The first-order valence-electron chi connectivity index (χ1n) is 5.58. The molecule has 1 fully saturated rings. The van der Waals surface area contributed by atoms with Gasteiger partial charge in [0.15, 0.2) is 5.67 Å². The predicted molar refractivity (Wildman–Crippen MR) is 67.7 cm³/mol. The lowest BCUT2D eigenvalue weighted by molar-refractivity contribution is 0.0984. The maximum atomic E-state index is 13.6. The molecule has 0 atom stereocenters. The second-order valence-electron chi connectivity index (χ2n) is 4.34. The number of halogens is 2. The van der Waals surface area contributed by atoms with Crippen LogP contribution in [0.5, 0.6) is 0 Å². The van der Waals surface area contributed by atoms with Crippen LogP contribution in [0, 0.1) is 11.3 Å². The highest BCUT2D eigenvalue weighted by atomic mass is 35.5. The maximum absolute atomic E-state index is 13.6. The number of likely N-dealkylation sites (tertiary alicyclic amines) is 1. The summed E-state index contributed by atoms with van der Waals surface area (Å²) in [6.07, 6.45) is 0.659. The van der Waals surface area contributed by atoms with Gasteiger partial charge < -0.3 is 0 Å². The standard InChI is InChI=1S/C13H15FN2.ClH/c14-13(11-15)6-8-16(9-7-13)10-12-4-2-1-3-5-12;/h1-5H,6-10H2;1H. The van der Waals surface area contributed by atoms with E-state index in [1.54, 1.807) is 6.07 Å². The fraction of sp³-hybridized carbons (Fsp3) is 0.462. The SMILES string of the molecule is Cl.N#CC1(F)CCN(Cc2ccccc2)CC1. The summed E-state index contributed by atoms with van der Waals surface area (Å²) in [6.45, 7) is 2.18. The molecule has 0 N–H and O–H groups in total. The maximum Gasteiger partial charge on any atom is 0.198 e. The predicted octanol–water partition coefficient (Wildman–Crippen LogP) is 2.94. The van der Waals surface area contributed by atoms with Gasteiger partial charge in [-0.3, -0.25) is 4.90 Å². The zero-order valence-corrected chi connectivity index (χ0v) is 10.4. The van der Waals surface area contributed by atoms with E-state index in [-0.39, 0.29) is 12.4 Å². The highest BCUT2D eigenvalue weighted by Crippen LogP contribution is 2.26. The molecule has 1 aliphatic rings. The van der Waals surface area contributed by atoms with E-state index in [2.05, 4.69) is 17.0 Å². The van der Waals surface area contributed by atoms with Crippen molar-refractivity contribution in [1.29, 1.82) is 5.26 Å². The van der Waals surface area contributed by atoms with Gasteiger partial charge in [-0.05, 0) is 5.56 Å². The molecule has 17 heavy (non-hydrogen) atoms. The number of piperidine rings is 1. The first-order valence-corrected chi connectivity index (χ1v) is 5.58. The van der Waals surface area contributed by atoms with Crippen LogP contribution in [-0.2, 0) is 6.54 Å². The molecule has 0 unspecified atom stereocenters. The minimum Gasteiger partial charge on any atom is -0.299 e. The van der Waals surface area contributed by atoms with Crippen molar-refractivity contribution >= 4 is 12.4 Å². The normalized spacial score (nSPS) is 19.1. The molecule has 0 spiro atoms. The quantitative estimate of drug-likeness (QED) is 0.811. The monoisotopic (exact) mass is 254 g/mol. The number of hydrogen-bond acceptors (Lipinski definition) is 2. The van der Waals surface area contributed by atoms with E-state index < -0.39 is 5.67 Å². The fourth-order valence-electron chi connectivity index (χ4n) is 2.02. The third kappa shape index (κ3) is 3.69. The Morgan fingerprint density at radius 2 is 1.82 bits per heavy atom. The molecule has 0 amide bonds. The molecule has 1 aromatic rings. The average molecular weight is 255 g/mol. The third-order valence-electron chi connectivity index (χ3n) is 3.10. The van der Waals surface area contributed by atoms with Crippen molar-refractivity contribution in [3.63, 3.8) is 0 Å². The van der Waals surface area contributed by atoms with Crippen LogP contribution in [0.2, 0.25) is 0 Å². The van der Waals surface area contributed by atoms with Gasteiger partial charge in [-0.1, -0.05) is 30.3 Å². The number of hydrogen-bond donors (Lipinski definition) is 0. The summed E-state index contributed by atoms with van der Waals surface area (Å²) in [5.74, 6) is 0. The molecule has 2 rings (SSSR count). The largest absolute Gasteiger partial charge is 0.299 e. The Kier molecular flexibility index (Phi) is 4.92. The Balaban J connectivity index is 0.00000144.